The van der Waals surface area contributed by atoms with Gasteiger partial charge in [-0.25, -0.2) is 4.39 Å². The smallest absolute Gasteiger partial charge is 0.325 e. The van der Waals surface area contributed by atoms with Gasteiger partial charge in [0.2, 0.25) is 5.91 Å². The maximum absolute atomic E-state index is 13.5. The molecule has 1 aromatic carbocycles. The minimum atomic E-state index is -1.11. The molecule has 114 valence electrons. The molecule has 0 bridgehead atoms. The van der Waals surface area contributed by atoms with Crippen LogP contribution in [0, 0.1) is 5.82 Å². The van der Waals surface area contributed by atoms with Gasteiger partial charge < -0.3 is 15.2 Å². The van der Waals surface area contributed by atoms with Crippen LogP contribution in [0.1, 0.15) is 25.3 Å². The third-order valence-electron chi connectivity index (χ3n) is 3.88. The number of rotatable bonds is 4. The van der Waals surface area contributed by atoms with E-state index in [1.807, 2.05) is 0 Å². The molecular weight excluding hydrogens is 277 g/mol. The summed E-state index contributed by atoms with van der Waals surface area (Å²) >= 11 is 0. The van der Waals surface area contributed by atoms with Gasteiger partial charge in [0.15, 0.2) is 0 Å². The van der Waals surface area contributed by atoms with Crippen LogP contribution < -0.4 is 5.32 Å². The number of hydrogen-bond acceptors (Lipinski definition) is 3. The molecule has 1 unspecified atom stereocenters. The summed E-state index contributed by atoms with van der Waals surface area (Å²) in [4.78, 5) is 23.5. The number of hydrogen-bond donors (Lipinski definition) is 2. The zero-order chi connectivity index (χ0) is 15.5. The molecule has 1 atom stereocenters. The highest BCUT2D eigenvalue weighted by Gasteiger charge is 2.42. The number of ether oxygens (including phenoxy) is 1. The fourth-order valence-electron chi connectivity index (χ4n) is 2.55. The molecule has 6 heteroatoms. The van der Waals surface area contributed by atoms with E-state index in [1.165, 1.54) is 19.1 Å². The summed E-state index contributed by atoms with van der Waals surface area (Å²) < 4.78 is 18.8. The van der Waals surface area contributed by atoms with Gasteiger partial charge >= 0.3 is 5.97 Å². The van der Waals surface area contributed by atoms with Crippen molar-refractivity contribution in [3.63, 3.8) is 0 Å². The molecule has 1 aliphatic rings. The van der Waals surface area contributed by atoms with E-state index in [0.717, 1.165) is 0 Å². The second-order valence-corrected chi connectivity index (χ2v) is 5.24. The number of carbonyl (C=O) groups is 2. The topological polar surface area (TPSA) is 75.6 Å². The summed E-state index contributed by atoms with van der Waals surface area (Å²) in [6, 6.07) is 4.89. The van der Waals surface area contributed by atoms with Crippen molar-refractivity contribution in [3.8, 4) is 0 Å². The monoisotopic (exact) mass is 295 g/mol. The van der Waals surface area contributed by atoms with Crippen LogP contribution >= 0.6 is 0 Å². The zero-order valence-electron chi connectivity index (χ0n) is 11.8. The van der Waals surface area contributed by atoms with Crippen LogP contribution in [0.5, 0.6) is 0 Å². The number of aliphatic carboxylic acids is 1. The second-order valence-electron chi connectivity index (χ2n) is 5.24. The number of carbonyl (C=O) groups excluding carboxylic acids is 1. The molecule has 21 heavy (non-hydrogen) atoms. The van der Waals surface area contributed by atoms with Gasteiger partial charge in [0.1, 0.15) is 11.9 Å². The molecule has 0 aliphatic carbocycles. The lowest BCUT2D eigenvalue weighted by atomic mass is 9.73. The van der Waals surface area contributed by atoms with Crippen molar-refractivity contribution in [2.75, 3.05) is 13.2 Å². The molecule has 0 saturated carbocycles. The van der Waals surface area contributed by atoms with Gasteiger partial charge in [-0.1, -0.05) is 12.1 Å². The molecule has 1 saturated heterocycles. The summed E-state index contributed by atoms with van der Waals surface area (Å²) in [7, 11) is 0. The predicted molar refractivity (Wildman–Crippen MR) is 73.4 cm³/mol. The van der Waals surface area contributed by atoms with Crippen molar-refractivity contribution in [2.24, 2.45) is 0 Å². The Bertz CT molecular complexity index is 540. The quantitative estimate of drug-likeness (QED) is 0.882. The molecule has 5 nitrogen and oxygen atoms in total. The number of benzene rings is 1. The van der Waals surface area contributed by atoms with Gasteiger partial charge in [-0.15, -0.1) is 0 Å². The maximum Gasteiger partial charge on any atom is 0.325 e. The number of carboxylic acids is 1. The fraction of sp³-hybridized carbons (Fsp3) is 0.467. The van der Waals surface area contributed by atoms with Crippen molar-refractivity contribution in [2.45, 2.75) is 31.2 Å². The third kappa shape index (κ3) is 3.21. The van der Waals surface area contributed by atoms with Crippen molar-refractivity contribution in [1.29, 1.82) is 0 Å². The molecule has 0 radical (unpaired) electrons. The van der Waals surface area contributed by atoms with Gasteiger partial charge in [0.25, 0.3) is 0 Å². The molecule has 1 aliphatic heterocycles. The van der Waals surface area contributed by atoms with Crippen molar-refractivity contribution < 1.29 is 23.8 Å². The van der Waals surface area contributed by atoms with Crippen LogP contribution in [-0.2, 0) is 19.7 Å². The SMILES string of the molecule is CC(NC(=O)C1(c2cccc(F)c2)CCOCC1)C(=O)O. The van der Waals surface area contributed by atoms with Crippen LogP contribution in [-0.4, -0.2) is 36.2 Å². The maximum atomic E-state index is 13.5. The summed E-state index contributed by atoms with van der Waals surface area (Å²) in [6.45, 7) is 2.16. The fourth-order valence-corrected chi connectivity index (χ4v) is 2.55. The van der Waals surface area contributed by atoms with Gasteiger partial charge in [-0.3, -0.25) is 9.59 Å². The Hall–Kier alpha value is -1.95. The van der Waals surface area contributed by atoms with E-state index in [-0.39, 0.29) is 0 Å². The molecule has 1 aromatic rings. The molecule has 1 heterocycles. The predicted octanol–water partition coefficient (Wildman–Crippen LogP) is 1.46. The van der Waals surface area contributed by atoms with Gasteiger partial charge in [-0.05, 0) is 37.5 Å². The van der Waals surface area contributed by atoms with E-state index in [1.54, 1.807) is 12.1 Å². The molecule has 0 aromatic heterocycles. The summed E-state index contributed by atoms with van der Waals surface area (Å²) in [5.74, 6) is -1.92. The van der Waals surface area contributed by atoms with E-state index in [9.17, 15) is 14.0 Å². The molecule has 0 spiro atoms. The average molecular weight is 295 g/mol. The minimum Gasteiger partial charge on any atom is -0.480 e. The van der Waals surface area contributed by atoms with E-state index in [2.05, 4.69) is 5.32 Å². The van der Waals surface area contributed by atoms with Gasteiger partial charge in [-0.2, -0.15) is 0 Å². The summed E-state index contributed by atoms with van der Waals surface area (Å²) in [5.41, 5.74) is -0.384. The Morgan fingerprint density at radius 1 is 1.38 bits per heavy atom. The Balaban J connectivity index is 2.33. The molecular formula is C15H18FNO4. The number of amides is 1. The Kier molecular flexibility index (Phi) is 4.57. The molecule has 2 rings (SSSR count). The first-order chi connectivity index (χ1) is 9.95. The first-order valence-electron chi connectivity index (χ1n) is 6.83. The van der Waals surface area contributed by atoms with Gasteiger partial charge in [0.05, 0.1) is 5.41 Å². The van der Waals surface area contributed by atoms with Crippen LogP contribution in [0.15, 0.2) is 24.3 Å². The molecule has 2 N–H and O–H groups in total. The lowest BCUT2D eigenvalue weighted by Gasteiger charge is -2.36. The first-order valence-corrected chi connectivity index (χ1v) is 6.83. The van der Waals surface area contributed by atoms with Crippen molar-refractivity contribution in [1.82, 2.24) is 5.32 Å². The van der Waals surface area contributed by atoms with E-state index < -0.39 is 29.2 Å². The Labute approximate surface area is 122 Å². The van der Waals surface area contributed by atoms with Crippen LogP contribution in [0.25, 0.3) is 0 Å². The number of nitrogens with one attached hydrogen (secondary N) is 1. The normalized spacial score (nSPS) is 18.8. The third-order valence-corrected chi connectivity index (χ3v) is 3.88. The zero-order valence-corrected chi connectivity index (χ0v) is 11.8. The highest BCUT2D eigenvalue weighted by atomic mass is 19.1. The number of carboxylic acid groups (broad SMARTS) is 1. The van der Waals surface area contributed by atoms with E-state index in [4.69, 9.17) is 9.84 Å². The lowest BCUT2D eigenvalue weighted by molar-refractivity contribution is -0.143. The molecule has 1 amide bonds. The second kappa shape index (κ2) is 6.22. The van der Waals surface area contributed by atoms with Crippen molar-refractivity contribution in [3.05, 3.63) is 35.6 Å². The van der Waals surface area contributed by atoms with Crippen LogP contribution in [0.4, 0.5) is 4.39 Å². The Morgan fingerprint density at radius 3 is 2.62 bits per heavy atom. The largest absolute Gasteiger partial charge is 0.480 e. The highest BCUT2D eigenvalue weighted by Crippen LogP contribution is 2.35. The minimum absolute atomic E-state index is 0.380. The Morgan fingerprint density at radius 2 is 2.05 bits per heavy atom. The first kappa shape index (κ1) is 15.4. The standard InChI is InChI=1S/C15H18FNO4/c1-10(13(18)19)17-14(20)15(5-7-21-8-6-15)11-3-2-4-12(16)9-11/h2-4,9-10H,5-8H2,1H3,(H,17,20)(H,18,19). The average Bonchev–Trinajstić information content (AvgIpc) is 2.47. The van der Waals surface area contributed by atoms with E-state index >= 15 is 0 Å². The number of halogens is 1. The van der Waals surface area contributed by atoms with Crippen molar-refractivity contribution >= 4 is 11.9 Å². The van der Waals surface area contributed by atoms with Gasteiger partial charge in [0, 0.05) is 13.2 Å². The van der Waals surface area contributed by atoms with E-state index in [0.29, 0.717) is 31.6 Å². The highest BCUT2D eigenvalue weighted by molar-refractivity contribution is 5.91. The van der Waals surface area contributed by atoms with Crippen LogP contribution in [0.3, 0.4) is 0 Å². The lowest BCUT2D eigenvalue weighted by Crippen LogP contribution is -2.52. The summed E-state index contributed by atoms with van der Waals surface area (Å²) in [6.07, 6.45) is 0.795. The molecule has 1 fully saturated rings. The van der Waals surface area contributed by atoms with Crippen LogP contribution in [0.2, 0.25) is 0 Å². The summed E-state index contributed by atoms with van der Waals surface area (Å²) in [5, 5.41) is 11.4.